The lowest BCUT2D eigenvalue weighted by atomic mass is 10.1. The van der Waals surface area contributed by atoms with Crippen LogP contribution in [0, 0.1) is 0 Å². The fourth-order valence-electron chi connectivity index (χ4n) is 1.33. The van der Waals surface area contributed by atoms with Crippen LogP contribution in [0.4, 0.5) is 5.82 Å². The molecule has 4 heteroatoms. The van der Waals surface area contributed by atoms with Crippen LogP contribution in [-0.4, -0.2) is 29.3 Å². The molecule has 0 unspecified atom stereocenters. The molecule has 0 N–H and O–H groups in total. The van der Waals surface area contributed by atoms with Crippen LogP contribution >= 0.6 is 0 Å². The molecule has 0 fully saturated rings. The van der Waals surface area contributed by atoms with E-state index in [0.29, 0.717) is 12.0 Å². The van der Waals surface area contributed by atoms with E-state index in [0.717, 1.165) is 12.4 Å². The molecule has 4 nitrogen and oxygen atoms in total. The SMILES string of the molecule is CN1CCC(=O)c2cncnc21. The van der Waals surface area contributed by atoms with E-state index >= 15 is 0 Å². The van der Waals surface area contributed by atoms with Gasteiger partial charge in [0.25, 0.3) is 0 Å². The number of nitrogens with zero attached hydrogens (tertiary/aromatic N) is 3. The highest BCUT2D eigenvalue weighted by atomic mass is 16.1. The Balaban J connectivity index is 2.55. The van der Waals surface area contributed by atoms with Gasteiger partial charge in [-0.25, -0.2) is 9.97 Å². The smallest absolute Gasteiger partial charge is 0.169 e. The van der Waals surface area contributed by atoms with E-state index in [1.807, 2.05) is 11.9 Å². The monoisotopic (exact) mass is 163 g/mol. The number of carbonyl (C=O) groups is 1. The summed E-state index contributed by atoms with van der Waals surface area (Å²) in [5.74, 6) is 0.893. The zero-order valence-electron chi connectivity index (χ0n) is 6.82. The predicted molar refractivity (Wildman–Crippen MR) is 44.2 cm³/mol. The van der Waals surface area contributed by atoms with Crippen molar-refractivity contribution in [3.8, 4) is 0 Å². The first-order valence-corrected chi connectivity index (χ1v) is 3.83. The molecule has 0 radical (unpaired) electrons. The molecule has 1 aromatic heterocycles. The van der Waals surface area contributed by atoms with Gasteiger partial charge in [0.1, 0.15) is 12.1 Å². The highest BCUT2D eigenvalue weighted by Gasteiger charge is 2.21. The van der Waals surface area contributed by atoms with Crippen LogP contribution in [0.3, 0.4) is 0 Å². The third-order valence-electron chi connectivity index (χ3n) is 2.03. The maximum Gasteiger partial charge on any atom is 0.169 e. The second kappa shape index (κ2) is 2.55. The van der Waals surface area contributed by atoms with Crippen molar-refractivity contribution in [2.75, 3.05) is 18.5 Å². The van der Waals surface area contributed by atoms with E-state index in [1.165, 1.54) is 6.33 Å². The molecule has 62 valence electrons. The molecule has 0 amide bonds. The zero-order chi connectivity index (χ0) is 8.55. The van der Waals surface area contributed by atoms with Crippen LogP contribution in [0.1, 0.15) is 16.8 Å². The Kier molecular flexibility index (Phi) is 1.53. The van der Waals surface area contributed by atoms with Crippen LogP contribution < -0.4 is 4.90 Å². The van der Waals surface area contributed by atoms with E-state index in [1.54, 1.807) is 6.20 Å². The molecular formula is C8H9N3O. The number of anilines is 1. The van der Waals surface area contributed by atoms with Gasteiger partial charge >= 0.3 is 0 Å². The minimum absolute atomic E-state index is 0.142. The van der Waals surface area contributed by atoms with E-state index in [9.17, 15) is 4.79 Å². The second-order valence-electron chi connectivity index (χ2n) is 2.85. The van der Waals surface area contributed by atoms with Gasteiger partial charge in [-0.15, -0.1) is 0 Å². The van der Waals surface area contributed by atoms with Crippen molar-refractivity contribution >= 4 is 11.6 Å². The fourth-order valence-corrected chi connectivity index (χ4v) is 1.33. The highest BCUT2D eigenvalue weighted by Crippen LogP contribution is 2.21. The standard InChI is InChI=1S/C8H9N3O/c1-11-3-2-7(12)6-4-9-5-10-8(6)11/h4-5H,2-3H2,1H3. The average Bonchev–Trinajstić information content (AvgIpc) is 2.12. The third kappa shape index (κ3) is 0.958. The highest BCUT2D eigenvalue weighted by molar-refractivity contribution is 6.01. The molecule has 1 aromatic rings. The van der Waals surface area contributed by atoms with Crippen molar-refractivity contribution in [3.05, 3.63) is 18.1 Å². The van der Waals surface area contributed by atoms with E-state index in [-0.39, 0.29) is 5.78 Å². The first-order valence-electron chi connectivity index (χ1n) is 3.83. The summed E-state index contributed by atoms with van der Waals surface area (Å²) in [7, 11) is 1.93. The van der Waals surface area contributed by atoms with Crippen molar-refractivity contribution in [1.29, 1.82) is 0 Å². The molecule has 0 saturated heterocycles. The van der Waals surface area contributed by atoms with Gasteiger partial charge in [-0.2, -0.15) is 0 Å². The molecular weight excluding hydrogens is 154 g/mol. The van der Waals surface area contributed by atoms with Crippen LogP contribution in [0.5, 0.6) is 0 Å². The van der Waals surface area contributed by atoms with Crippen LogP contribution in [0.15, 0.2) is 12.5 Å². The van der Waals surface area contributed by atoms with Crippen molar-refractivity contribution in [3.63, 3.8) is 0 Å². The summed E-state index contributed by atoms with van der Waals surface area (Å²) in [5, 5.41) is 0. The molecule has 0 aromatic carbocycles. The maximum atomic E-state index is 11.3. The van der Waals surface area contributed by atoms with Gasteiger partial charge in [-0.05, 0) is 0 Å². The lowest BCUT2D eigenvalue weighted by Gasteiger charge is -2.24. The zero-order valence-corrected chi connectivity index (χ0v) is 6.82. The largest absolute Gasteiger partial charge is 0.359 e. The number of hydrogen-bond acceptors (Lipinski definition) is 4. The number of ketones is 1. The van der Waals surface area contributed by atoms with Crippen LogP contribution in [0.2, 0.25) is 0 Å². The molecule has 0 saturated carbocycles. The van der Waals surface area contributed by atoms with Gasteiger partial charge < -0.3 is 4.90 Å². The Hall–Kier alpha value is -1.45. The minimum Gasteiger partial charge on any atom is -0.359 e. The van der Waals surface area contributed by atoms with Crippen molar-refractivity contribution < 1.29 is 4.79 Å². The summed E-state index contributed by atoms with van der Waals surface area (Å²) in [4.78, 5) is 21.2. The molecule has 0 atom stereocenters. The summed E-state index contributed by atoms with van der Waals surface area (Å²) in [5.41, 5.74) is 0.645. The Bertz CT molecular complexity index is 324. The molecule has 2 heterocycles. The van der Waals surface area contributed by atoms with E-state index in [4.69, 9.17) is 0 Å². The maximum absolute atomic E-state index is 11.3. The Morgan fingerprint density at radius 3 is 3.17 bits per heavy atom. The van der Waals surface area contributed by atoms with Crippen molar-refractivity contribution in [2.45, 2.75) is 6.42 Å². The number of rotatable bonds is 0. The molecule has 2 rings (SSSR count). The first-order chi connectivity index (χ1) is 5.79. The second-order valence-corrected chi connectivity index (χ2v) is 2.85. The number of hydrogen-bond donors (Lipinski definition) is 0. The van der Waals surface area contributed by atoms with Gasteiger partial charge in [-0.3, -0.25) is 4.79 Å². The summed E-state index contributed by atoms with van der Waals surface area (Å²) >= 11 is 0. The summed E-state index contributed by atoms with van der Waals surface area (Å²) in [6, 6.07) is 0. The number of carbonyl (C=O) groups excluding carboxylic acids is 1. The van der Waals surface area contributed by atoms with Gasteiger partial charge in [0.05, 0.1) is 5.56 Å². The molecule has 1 aliphatic heterocycles. The first kappa shape index (κ1) is 7.21. The summed E-state index contributed by atoms with van der Waals surface area (Å²) in [6.07, 6.45) is 3.62. The average molecular weight is 163 g/mol. The predicted octanol–water partition coefficient (Wildman–Crippen LogP) is 0.499. The molecule has 0 spiro atoms. The Morgan fingerprint density at radius 2 is 2.42 bits per heavy atom. The fraction of sp³-hybridized carbons (Fsp3) is 0.375. The lowest BCUT2D eigenvalue weighted by molar-refractivity contribution is 0.0979. The lowest BCUT2D eigenvalue weighted by Crippen LogP contribution is -2.29. The molecule has 1 aliphatic rings. The number of aromatic nitrogens is 2. The van der Waals surface area contributed by atoms with Gasteiger partial charge in [0, 0.05) is 26.2 Å². The molecule has 12 heavy (non-hydrogen) atoms. The Morgan fingerprint density at radius 1 is 1.58 bits per heavy atom. The van der Waals surface area contributed by atoms with E-state index < -0.39 is 0 Å². The topological polar surface area (TPSA) is 46.1 Å². The number of fused-ring (bicyclic) bond motifs is 1. The van der Waals surface area contributed by atoms with Gasteiger partial charge in [-0.1, -0.05) is 0 Å². The van der Waals surface area contributed by atoms with Gasteiger partial charge in [0.15, 0.2) is 5.78 Å². The van der Waals surface area contributed by atoms with Crippen LogP contribution in [-0.2, 0) is 0 Å². The van der Waals surface area contributed by atoms with Crippen molar-refractivity contribution in [1.82, 2.24) is 9.97 Å². The van der Waals surface area contributed by atoms with E-state index in [2.05, 4.69) is 9.97 Å². The summed E-state index contributed by atoms with van der Waals surface area (Å²) < 4.78 is 0. The van der Waals surface area contributed by atoms with Gasteiger partial charge in [0.2, 0.25) is 0 Å². The summed E-state index contributed by atoms with van der Waals surface area (Å²) in [6.45, 7) is 0.753. The number of Topliss-reactive ketones (excluding diaryl/α,β-unsaturated/α-hetero) is 1. The quantitative estimate of drug-likeness (QED) is 0.558. The normalized spacial score (nSPS) is 16.1. The third-order valence-corrected chi connectivity index (χ3v) is 2.03. The molecule has 0 aliphatic carbocycles. The Labute approximate surface area is 70.2 Å². The molecule has 0 bridgehead atoms. The van der Waals surface area contributed by atoms with Crippen LogP contribution in [0.25, 0.3) is 0 Å². The van der Waals surface area contributed by atoms with Crippen molar-refractivity contribution in [2.24, 2.45) is 0 Å². The minimum atomic E-state index is 0.142.